The highest BCUT2D eigenvalue weighted by molar-refractivity contribution is 5.95. The number of ether oxygens (including phenoxy) is 3. The second kappa shape index (κ2) is 9.20. The molecule has 21 heavy (non-hydrogen) atoms. The quantitative estimate of drug-likeness (QED) is 0.551. The Hall–Kier alpha value is -1.79. The van der Waals surface area contributed by atoms with Gasteiger partial charge < -0.3 is 24.8 Å². The Morgan fingerprint density at radius 1 is 1.19 bits per heavy atom. The number of methoxy groups -OCH3 is 1. The summed E-state index contributed by atoms with van der Waals surface area (Å²) in [5.74, 6) is 0.473. The van der Waals surface area contributed by atoms with Crippen LogP contribution in [0.3, 0.4) is 0 Å². The molecule has 0 radical (unpaired) electrons. The zero-order chi connectivity index (χ0) is 15.7. The van der Waals surface area contributed by atoms with E-state index in [0.717, 1.165) is 6.42 Å². The zero-order valence-electron chi connectivity index (χ0n) is 12.9. The van der Waals surface area contributed by atoms with Crippen LogP contribution in [0.25, 0.3) is 0 Å². The van der Waals surface area contributed by atoms with Gasteiger partial charge in [-0.05, 0) is 24.6 Å². The van der Waals surface area contributed by atoms with Crippen molar-refractivity contribution < 1.29 is 19.0 Å². The van der Waals surface area contributed by atoms with Crippen LogP contribution in [0.2, 0.25) is 0 Å². The van der Waals surface area contributed by atoms with Gasteiger partial charge in [0.25, 0.3) is 5.91 Å². The fourth-order valence-corrected chi connectivity index (χ4v) is 1.69. The molecule has 6 heteroatoms. The van der Waals surface area contributed by atoms with Crippen molar-refractivity contribution in [2.45, 2.75) is 6.42 Å². The predicted octanol–water partition coefficient (Wildman–Crippen LogP) is 1.40. The summed E-state index contributed by atoms with van der Waals surface area (Å²) in [5.41, 5.74) is 6.88. The van der Waals surface area contributed by atoms with Gasteiger partial charge in [-0.3, -0.25) is 4.79 Å². The molecular formula is C15H24N2O4. The molecule has 118 valence electrons. The molecule has 0 aliphatic carbocycles. The van der Waals surface area contributed by atoms with Crippen LogP contribution in [0.1, 0.15) is 16.8 Å². The second-order valence-electron chi connectivity index (χ2n) is 4.76. The van der Waals surface area contributed by atoms with E-state index in [4.69, 9.17) is 19.9 Å². The van der Waals surface area contributed by atoms with Gasteiger partial charge in [0.2, 0.25) is 0 Å². The maximum atomic E-state index is 11.8. The van der Waals surface area contributed by atoms with Crippen molar-refractivity contribution >= 4 is 11.6 Å². The average Bonchev–Trinajstić information content (AvgIpc) is 2.46. The molecule has 0 unspecified atom stereocenters. The van der Waals surface area contributed by atoms with E-state index in [1.165, 1.54) is 4.90 Å². The van der Waals surface area contributed by atoms with Crippen LogP contribution in [-0.4, -0.2) is 58.4 Å². The number of carbonyl (C=O) groups excluding carboxylic acids is 1. The molecule has 0 spiro atoms. The molecule has 2 N–H and O–H groups in total. The number of amides is 1. The van der Waals surface area contributed by atoms with Gasteiger partial charge in [-0.2, -0.15) is 0 Å². The lowest BCUT2D eigenvalue weighted by Gasteiger charge is -2.13. The van der Waals surface area contributed by atoms with Crippen molar-refractivity contribution in [1.82, 2.24) is 4.90 Å². The first-order valence-electron chi connectivity index (χ1n) is 6.87. The van der Waals surface area contributed by atoms with E-state index in [9.17, 15) is 4.79 Å². The van der Waals surface area contributed by atoms with E-state index in [-0.39, 0.29) is 5.91 Å². The molecule has 1 aromatic carbocycles. The van der Waals surface area contributed by atoms with Gasteiger partial charge in [0, 0.05) is 40.0 Å². The molecule has 0 aliphatic heterocycles. The molecule has 0 saturated heterocycles. The van der Waals surface area contributed by atoms with Gasteiger partial charge in [-0.1, -0.05) is 0 Å². The summed E-state index contributed by atoms with van der Waals surface area (Å²) in [7, 11) is 5.06. The largest absolute Gasteiger partial charge is 0.489 e. The molecular weight excluding hydrogens is 272 g/mol. The Morgan fingerprint density at radius 2 is 1.95 bits per heavy atom. The number of anilines is 1. The van der Waals surface area contributed by atoms with Gasteiger partial charge >= 0.3 is 0 Å². The molecule has 0 bridgehead atoms. The number of rotatable bonds is 9. The lowest BCUT2D eigenvalue weighted by Crippen LogP contribution is -2.21. The van der Waals surface area contributed by atoms with E-state index < -0.39 is 0 Å². The van der Waals surface area contributed by atoms with Crippen molar-refractivity contribution in [3.63, 3.8) is 0 Å². The summed E-state index contributed by atoms with van der Waals surface area (Å²) in [4.78, 5) is 13.3. The van der Waals surface area contributed by atoms with E-state index >= 15 is 0 Å². The van der Waals surface area contributed by atoms with Gasteiger partial charge in [0.1, 0.15) is 12.4 Å². The number of nitrogens with two attached hydrogens (primary N) is 1. The summed E-state index contributed by atoms with van der Waals surface area (Å²) in [6, 6.07) is 5.03. The smallest absolute Gasteiger partial charge is 0.253 e. The molecule has 0 fully saturated rings. The standard InChI is InChI=1S/C15H24N2O4/c1-17(2)15(18)12-5-6-14(13(16)11-12)21-10-9-20-8-4-7-19-3/h5-6,11H,4,7-10,16H2,1-3H3. The highest BCUT2D eigenvalue weighted by atomic mass is 16.5. The fourth-order valence-electron chi connectivity index (χ4n) is 1.69. The Morgan fingerprint density at radius 3 is 2.57 bits per heavy atom. The summed E-state index contributed by atoms with van der Waals surface area (Å²) >= 11 is 0. The number of hydrogen-bond donors (Lipinski definition) is 1. The monoisotopic (exact) mass is 296 g/mol. The van der Waals surface area contributed by atoms with Gasteiger partial charge in [0.15, 0.2) is 0 Å². The Bertz CT molecular complexity index is 449. The second-order valence-corrected chi connectivity index (χ2v) is 4.76. The Kier molecular flexibility index (Phi) is 7.56. The van der Waals surface area contributed by atoms with Crippen LogP contribution in [0.5, 0.6) is 5.75 Å². The minimum absolute atomic E-state index is 0.0882. The number of nitrogen functional groups attached to an aromatic ring is 1. The third-order valence-electron chi connectivity index (χ3n) is 2.79. The summed E-state index contributed by atoms with van der Waals surface area (Å²) < 4.78 is 15.8. The van der Waals surface area contributed by atoms with E-state index in [1.807, 2.05) is 0 Å². The Balaban J connectivity index is 2.38. The summed E-state index contributed by atoms with van der Waals surface area (Å²) in [6.45, 7) is 2.23. The van der Waals surface area contributed by atoms with E-state index in [0.29, 0.717) is 43.4 Å². The third kappa shape index (κ3) is 6.01. The molecule has 0 aromatic heterocycles. The lowest BCUT2D eigenvalue weighted by molar-refractivity contribution is 0.0806. The molecule has 0 heterocycles. The van der Waals surface area contributed by atoms with Crippen LogP contribution in [0, 0.1) is 0 Å². The highest BCUT2D eigenvalue weighted by Crippen LogP contribution is 2.22. The molecule has 1 rings (SSSR count). The zero-order valence-corrected chi connectivity index (χ0v) is 12.9. The average molecular weight is 296 g/mol. The van der Waals surface area contributed by atoms with Crippen molar-refractivity contribution in [3.05, 3.63) is 23.8 Å². The highest BCUT2D eigenvalue weighted by Gasteiger charge is 2.10. The topological polar surface area (TPSA) is 74.0 Å². The van der Waals surface area contributed by atoms with Crippen LogP contribution in [-0.2, 0) is 9.47 Å². The van der Waals surface area contributed by atoms with Crippen molar-refractivity contribution in [1.29, 1.82) is 0 Å². The normalized spacial score (nSPS) is 10.4. The van der Waals surface area contributed by atoms with Gasteiger partial charge in [0.05, 0.1) is 12.3 Å². The summed E-state index contributed by atoms with van der Waals surface area (Å²) in [6.07, 6.45) is 0.861. The maximum Gasteiger partial charge on any atom is 0.253 e. The minimum Gasteiger partial charge on any atom is -0.489 e. The van der Waals surface area contributed by atoms with Crippen molar-refractivity contribution in [2.24, 2.45) is 0 Å². The maximum absolute atomic E-state index is 11.8. The first-order chi connectivity index (χ1) is 10.1. The summed E-state index contributed by atoms with van der Waals surface area (Å²) in [5, 5.41) is 0. The lowest BCUT2D eigenvalue weighted by atomic mass is 10.1. The molecule has 0 saturated carbocycles. The van der Waals surface area contributed by atoms with Gasteiger partial charge in [-0.25, -0.2) is 0 Å². The van der Waals surface area contributed by atoms with Crippen LogP contribution < -0.4 is 10.5 Å². The predicted molar refractivity (Wildman–Crippen MR) is 81.7 cm³/mol. The van der Waals surface area contributed by atoms with Crippen LogP contribution in [0.15, 0.2) is 18.2 Å². The van der Waals surface area contributed by atoms with Crippen molar-refractivity contribution in [2.75, 3.05) is 53.4 Å². The molecule has 1 amide bonds. The Labute approximate surface area is 125 Å². The first-order valence-corrected chi connectivity index (χ1v) is 6.87. The van der Waals surface area contributed by atoms with Crippen LogP contribution >= 0.6 is 0 Å². The number of benzene rings is 1. The fraction of sp³-hybridized carbons (Fsp3) is 0.533. The van der Waals surface area contributed by atoms with E-state index in [1.54, 1.807) is 39.4 Å². The number of hydrogen-bond acceptors (Lipinski definition) is 5. The van der Waals surface area contributed by atoms with Gasteiger partial charge in [-0.15, -0.1) is 0 Å². The molecule has 0 atom stereocenters. The molecule has 1 aromatic rings. The SMILES string of the molecule is COCCCOCCOc1ccc(C(=O)N(C)C)cc1N. The minimum atomic E-state index is -0.0882. The third-order valence-corrected chi connectivity index (χ3v) is 2.79. The molecule has 6 nitrogen and oxygen atoms in total. The van der Waals surface area contributed by atoms with Crippen molar-refractivity contribution in [3.8, 4) is 5.75 Å². The number of nitrogens with zero attached hydrogens (tertiary/aromatic N) is 1. The first kappa shape index (κ1) is 17.3. The van der Waals surface area contributed by atoms with Crippen LogP contribution in [0.4, 0.5) is 5.69 Å². The number of carbonyl (C=O) groups is 1. The molecule has 0 aliphatic rings. The van der Waals surface area contributed by atoms with E-state index in [2.05, 4.69) is 0 Å².